The van der Waals surface area contributed by atoms with Crippen LogP contribution in [0.4, 0.5) is 0 Å². The highest BCUT2D eigenvalue weighted by Gasteiger charge is 2.04. The van der Waals surface area contributed by atoms with Gasteiger partial charge in [0, 0.05) is 17.1 Å². The molecule has 0 saturated carbocycles. The lowest BCUT2D eigenvalue weighted by atomic mass is 10.6. The molecule has 0 bridgehead atoms. The molecule has 0 radical (unpaired) electrons. The molecule has 0 fully saturated rings. The van der Waals surface area contributed by atoms with Gasteiger partial charge in [-0.1, -0.05) is 5.16 Å². The van der Waals surface area contributed by atoms with Crippen LogP contribution in [0.3, 0.4) is 0 Å². The second kappa shape index (κ2) is 3.59. The van der Waals surface area contributed by atoms with Crippen molar-refractivity contribution in [1.82, 2.24) is 10.1 Å². The van der Waals surface area contributed by atoms with E-state index in [1.165, 1.54) is 0 Å². The average molecular weight is 175 g/mol. The SMILES string of the molecule is CS(=O)Cc1noc(CN)n1. The Labute approximate surface area is 66.4 Å². The topological polar surface area (TPSA) is 82.0 Å². The highest BCUT2D eigenvalue weighted by molar-refractivity contribution is 7.83. The molecule has 1 aromatic rings. The maximum Gasteiger partial charge on any atom is 0.240 e. The molecule has 0 spiro atoms. The van der Waals surface area contributed by atoms with Crippen molar-refractivity contribution in [1.29, 1.82) is 0 Å². The number of aromatic nitrogens is 2. The zero-order valence-electron chi connectivity index (χ0n) is 6.11. The van der Waals surface area contributed by atoms with Crippen LogP contribution in [0.15, 0.2) is 4.52 Å². The van der Waals surface area contributed by atoms with Gasteiger partial charge in [0.1, 0.15) is 0 Å². The maximum atomic E-state index is 10.7. The van der Waals surface area contributed by atoms with Gasteiger partial charge in [-0.05, 0) is 0 Å². The van der Waals surface area contributed by atoms with Crippen LogP contribution in [-0.4, -0.2) is 20.6 Å². The van der Waals surface area contributed by atoms with Crippen LogP contribution in [0.1, 0.15) is 11.7 Å². The van der Waals surface area contributed by atoms with Gasteiger partial charge in [-0.3, -0.25) is 4.21 Å². The second-order valence-electron chi connectivity index (χ2n) is 2.03. The quantitative estimate of drug-likeness (QED) is 0.663. The van der Waals surface area contributed by atoms with E-state index in [1.807, 2.05) is 0 Å². The largest absolute Gasteiger partial charge is 0.338 e. The molecule has 11 heavy (non-hydrogen) atoms. The minimum absolute atomic E-state index is 0.226. The van der Waals surface area contributed by atoms with Crippen molar-refractivity contribution >= 4 is 10.8 Å². The Bertz CT molecular complexity index is 260. The van der Waals surface area contributed by atoms with Gasteiger partial charge in [0.05, 0.1) is 12.3 Å². The fourth-order valence-electron chi connectivity index (χ4n) is 0.613. The first kappa shape index (κ1) is 8.35. The summed E-state index contributed by atoms with van der Waals surface area (Å²) in [5, 5.41) is 3.57. The van der Waals surface area contributed by atoms with Gasteiger partial charge in [0.25, 0.3) is 0 Å². The third kappa shape index (κ3) is 2.39. The highest BCUT2D eigenvalue weighted by atomic mass is 32.2. The zero-order chi connectivity index (χ0) is 8.27. The molecule has 1 aromatic heterocycles. The molecule has 0 saturated heterocycles. The van der Waals surface area contributed by atoms with E-state index in [2.05, 4.69) is 10.1 Å². The first-order valence-electron chi connectivity index (χ1n) is 3.04. The number of hydrogen-bond acceptors (Lipinski definition) is 5. The molecule has 5 nitrogen and oxygen atoms in total. The third-order valence-corrected chi connectivity index (χ3v) is 1.68. The molecule has 1 rings (SSSR count). The minimum Gasteiger partial charge on any atom is -0.338 e. The summed E-state index contributed by atoms with van der Waals surface area (Å²) in [7, 11) is -0.931. The van der Waals surface area contributed by atoms with Gasteiger partial charge in [-0.25, -0.2) is 0 Å². The number of nitrogens with two attached hydrogens (primary N) is 1. The number of rotatable bonds is 3. The van der Waals surface area contributed by atoms with Crippen LogP contribution >= 0.6 is 0 Å². The van der Waals surface area contributed by atoms with E-state index in [9.17, 15) is 4.21 Å². The van der Waals surface area contributed by atoms with Crippen LogP contribution in [0.25, 0.3) is 0 Å². The van der Waals surface area contributed by atoms with E-state index in [0.29, 0.717) is 17.5 Å². The van der Waals surface area contributed by atoms with Crippen LogP contribution in [-0.2, 0) is 23.1 Å². The lowest BCUT2D eigenvalue weighted by Gasteiger charge is -1.84. The summed E-state index contributed by atoms with van der Waals surface area (Å²) in [5.41, 5.74) is 5.22. The average Bonchev–Trinajstić information content (AvgIpc) is 2.34. The van der Waals surface area contributed by atoms with Crippen LogP contribution in [0.2, 0.25) is 0 Å². The number of hydrogen-bond donors (Lipinski definition) is 1. The molecular formula is C5H9N3O2S. The highest BCUT2D eigenvalue weighted by Crippen LogP contribution is 1.97. The maximum absolute atomic E-state index is 10.7. The van der Waals surface area contributed by atoms with E-state index in [0.717, 1.165) is 0 Å². The summed E-state index contributed by atoms with van der Waals surface area (Å²) in [6, 6.07) is 0. The van der Waals surface area contributed by atoms with E-state index >= 15 is 0 Å². The van der Waals surface area contributed by atoms with Gasteiger partial charge in [0.15, 0.2) is 5.82 Å². The van der Waals surface area contributed by atoms with Crippen LogP contribution < -0.4 is 5.73 Å². The zero-order valence-corrected chi connectivity index (χ0v) is 6.93. The van der Waals surface area contributed by atoms with E-state index in [1.54, 1.807) is 6.26 Å². The van der Waals surface area contributed by atoms with E-state index in [-0.39, 0.29) is 6.54 Å². The Hall–Kier alpha value is -0.750. The van der Waals surface area contributed by atoms with Crippen molar-refractivity contribution in [2.45, 2.75) is 12.3 Å². The molecule has 0 amide bonds. The third-order valence-electron chi connectivity index (χ3n) is 1.02. The molecule has 0 aliphatic carbocycles. The summed E-state index contributed by atoms with van der Waals surface area (Å²) in [4.78, 5) is 3.87. The van der Waals surface area contributed by atoms with Crippen molar-refractivity contribution in [2.24, 2.45) is 5.73 Å². The number of nitrogens with zero attached hydrogens (tertiary/aromatic N) is 2. The molecule has 0 aliphatic rings. The van der Waals surface area contributed by atoms with Crippen LogP contribution in [0, 0.1) is 0 Å². The molecule has 1 heterocycles. The van der Waals surface area contributed by atoms with Crippen molar-refractivity contribution in [2.75, 3.05) is 6.26 Å². The van der Waals surface area contributed by atoms with Crippen LogP contribution in [0.5, 0.6) is 0 Å². The fraction of sp³-hybridized carbons (Fsp3) is 0.600. The fourth-order valence-corrected chi connectivity index (χ4v) is 1.09. The lowest BCUT2D eigenvalue weighted by Crippen LogP contribution is -1.98. The minimum atomic E-state index is -0.931. The van der Waals surface area contributed by atoms with Crippen molar-refractivity contribution in [3.8, 4) is 0 Å². The predicted octanol–water partition coefficient (Wildman–Crippen LogP) is -0.593. The molecule has 6 heteroatoms. The lowest BCUT2D eigenvalue weighted by molar-refractivity contribution is 0.376. The monoisotopic (exact) mass is 175 g/mol. The molecule has 0 aliphatic heterocycles. The molecule has 62 valence electrons. The smallest absolute Gasteiger partial charge is 0.240 e. The molecule has 1 atom stereocenters. The van der Waals surface area contributed by atoms with Gasteiger partial charge in [0.2, 0.25) is 5.89 Å². The second-order valence-corrected chi connectivity index (χ2v) is 3.46. The Kier molecular flexibility index (Phi) is 2.72. The standard InChI is InChI=1S/C5H9N3O2S/c1-11(9)3-4-7-5(2-6)10-8-4/h2-3,6H2,1H3. The summed E-state index contributed by atoms with van der Waals surface area (Å²) < 4.78 is 15.4. The summed E-state index contributed by atoms with van der Waals surface area (Å²) in [6.07, 6.45) is 1.58. The Morgan fingerprint density at radius 3 is 2.91 bits per heavy atom. The first-order chi connectivity index (χ1) is 5.22. The van der Waals surface area contributed by atoms with Gasteiger partial charge >= 0.3 is 0 Å². The first-order valence-corrected chi connectivity index (χ1v) is 4.76. The molecule has 1 unspecified atom stereocenters. The van der Waals surface area contributed by atoms with Gasteiger partial charge < -0.3 is 10.3 Å². The summed E-state index contributed by atoms with van der Waals surface area (Å²) >= 11 is 0. The molecule has 2 N–H and O–H groups in total. The Balaban J connectivity index is 2.65. The van der Waals surface area contributed by atoms with Gasteiger partial charge in [-0.15, -0.1) is 0 Å². The summed E-state index contributed by atoms with van der Waals surface area (Å²) in [6.45, 7) is 0.226. The van der Waals surface area contributed by atoms with Crippen molar-refractivity contribution in [3.05, 3.63) is 11.7 Å². The Morgan fingerprint density at radius 1 is 1.73 bits per heavy atom. The molecule has 0 aromatic carbocycles. The normalized spacial score (nSPS) is 13.3. The van der Waals surface area contributed by atoms with Gasteiger partial charge in [-0.2, -0.15) is 4.98 Å². The van der Waals surface area contributed by atoms with E-state index in [4.69, 9.17) is 10.3 Å². The Morgan fingerprint density at radius 2 is 2.45 bits per heavy atom. The van der Waals surface area contributed by atoms with Crippen molar-refractivity contribution in [3.63, 3.8) is 0 Å². The molecular weight excluding hydrogens is 166 g/mol. The van der Waals surface area contributed by atoms with Crippen molar-refractivity contribution < 1.29 is 8.73 Å². The van der Waals surface area contributed by atoms with E-state index < -0.39 is 10.8 Å². The predicted molar refractivity (Wildman–Crippen MR) is 40.0 cm³/mol. The summed E-state index contributed by atoms with van der Waals surface area (Å²) in [5.74, 6) is 1.15.